The molecule has 0 atom stereocenters. The maximum absolute atomic E-state index is 4.28. The molecule has 2 heterocycles. The Balaban J connectivity index is 1.57. The third kappa shape index (κ3) is 2.95. The van der Waals surface area contributed by atoms with Crippen LogP contribution in [0.1, 0.15) is 25.3 Å². The maximum atomic E-state index is 4.28. The smallest absolute Gasteiger partial charge is 0.0539 e. The summed E-state index contributed by atoms with van der Waals surface area (Å²) < 4.78 is 1.95. The highest BCUT2D eigenvalue weighted by Crippen LogP contribution is 2.22. The van der Waals surface area contributed by atoms with Crippen molar-refractivity contribution in [2.24, 2.45) is 0 Å². The van der Waals surface area contributed by atoms with E-state index in [0.717, 1.165) is 18.8 Å². The number of aryl methyl sites for hydroxylation is 1. The first-order valence-corrected chi connectivity index (χ1v) is 7.45. The van der Waals surface area contributed by atoms with Crippen LogP contribution in [0.25, 0.3) is 0 Å². The van der Waals surface area contributed by atoms with Gasteiger partial charge < -0.3 is 10.2 Å². The summed E-state index contributed by atoms with van der Waals surface area (Å²) >= 11 is 0. The molecule has 1 aromatic heterocycles. The molecule has 0 spiro atoms. The molecule has 1 aromatic carbocycles. The number of benzene rings is 1. The van der Waals surface area contributed by atoms with Gasteiger partial charge in [-0.3, -0.25) is 4.68 Å². The lowest BCUT2D eigenvalue weighted by Crippen LogP contribution is -2.17. The van der Waals surface area contributed by atoms with Gasteiger partial charge in [0.15, 0.2) is 0 Å². The zero-order chi connectivity index (χ0) is 13.8. The van der Waals surface area contributed by atoms with Crippen molar-refractivity contribution in [3.05, 3.63) is 42.2 Å². The highest BCUT2D eigenvalue weighted by molar-refractivity contribution is 5.55. The summed E-state index contributed by atoms with van der Waals surface area (Å²) in [5.74, 6) is 0. The van der Waals surface area contributed by atoms with E-state index in [4.69, 9.17) is 0 Å². The number of nitrogens with one attached hydrogen (secondary N) is 1. The van der Waals surface area contributed by atoms with Crippen molar-refractivity contribution in [3.63, 3.8) is 0 Å². The molecule has 0 amide bonds. The summed E-state index contributed by atoms with van der Waals surface area (Å²) in [6.45, 7) is 6.24. The van der Waals surface area contributed by atoms with Gasteiger partial charge in [-0.15, -0.1) is 0 Å². The fraction of sp³-hybridized carbons (Fsp3) is 0.438. The minimum absolute atomic E-state index is 0.822. The fourth-order valence-electron chi connectivity index (χ4n) is 2.64. The Hall–Kier alpha value is -1.97. The Morgan fingerprint density at radius 2 is 1.90 bits per heavy atom. The quantitative estimate of drug-likeness (QED) is 0.906. The molecule has 0 saturated carbocycles. The van der Waals surface area contributed by atoms with E-state index in [1.165, 1.54) is 37.2 Å². The number of aromatic nitrogens is 2. The number of hydrogen-bond donors (Lipinski definition) is 1. The second-order valence-corrected chi connectivity index (χ2v) is 5.30. The molecule has 106 valence electrons. The second kappa shape index (κ2) is 5.99. The number of hydrogen-bond acceptors (Lipinski definition) is 3. The Labute approximate surface area is 120 Å². The molecule has 4 nitrogen and oxygen atoms in total. The zero-order valence-corrected chi connectivity index (χ0v) is 12.0. The van der Waals surface area contributed by atoms with Gasteiger partial charge in [0.1, 0.15) is 0 Å². The van der Waals surface area contributed by atoms with Gasteiger partial charge >= 0.3 is 0 Å². The maximum Gasteiger partial charge on any atom is 0.0539 e. The molecule has 1 N–H and O–H groups in total. The standard InChI is InChI=1S/C16H22N4/c1-2-20-13-14(12-18-20)11-17-15-5-7-16(8-6-15)19-9-3-4-10-19/h5-8,12-13,17H,2-4,9-11H2,1H3. The summed E-state index contributed by atoms with van der Waals surface area (Å²) in [5.41, 5.74) is 3.72. The van der Waals surface area contributed by atoms with Crippen molar-refractivity contribution in [1.82, 2.24) is 9.78 Å². The highest BCUT2D eigenvalue weighted by Gasteiger charge is 2.11. The topological polar surface area (TPSA) is 33.1 Å². The van der Waals surface area contributed by atoms with E-state index >= 15 is 0 Å². The van der Waals surface area contributed by atoms with E-state index in [0.29, 0.717) is 0 Å². The predicted molar refractivity (Wildman–Crippen MR) is 83.1 cm³/mol. The Kier molecular flexibility index (Phi) is 3.90. The molecular weight excluding hydrogens is 248 g/mol. The van der Waals surface area contributed by atoms with Gasteiger partial charge in [-0.05, 0) is 44.0 Å². The summed E-state index contributed by atoms with van der Waals surface area (Å²) in [6.07, 6.45) is 6.66. The molecule has 0 unspecified atom stereocenters. The van der Waals surface area contributed by atoms with E-state index in [1.807, 2.05) is 10.9 Å². The molecule has 0 bridgehead atoms. The van der Waals surface area contributed by atoms with Gasteiger partial charge in [0.05, 0.1) is 6.20 Å². The van der Waals surface area contributed by atoms with Crippen molar-refractivity contribution in [1.29, 1.82) is 0 Å². The summed E-state index contributed by atoms with van der Waals surface area (Å²) in [4.78, 5) is 2.45. The first-order chi connectivity index (χ1) is 9.85. The van der Waals surface area contributed by atoms with Gasteiger partial charge in [-0.25, -0.2) is 0 Å². The van der Waals surface area contributed by atoms with E-state index < -0.39 is 0 Å². The Bertz CT molecular complexity index is 538. The number of anilines is 2. The molecule has 2 aromatic rings. The van der Waals surface area contributed by atoms with Gasteiger partial charge in [-0.2, -0.15) is 5.10 Å². The predicted octanol–water partition coefficient (Wildman–Crippen LogP) is 3.12. The number of rotatable bonds is 5. The third-order valence-corrected chi connectivity index (χ3v) is 3.85. The minimum atomic E-state index is 0.822. The molecule has 1 saturated heterocycles. The lowest BCUT2D eigenvalue weighted by Gasteiger charge is -2.17. The van der Waals surface area contributed by atoms with Crippen LogP contribution in [0.5, 0.6) is 0 Å². The first-order valence-electron chi connectivity index (χ1n) is 7.45. The van der Waals surface area contributed by atoms with Crippen LogP contribution < -0.4 is 10.2 Å². The van der Waals surface area contributed by atoms with Gasteiger partial charge in [0.25, 0.3) is 0 Å². The van der Waals surface area contributed by atoms with Crippen LogP contribution in [0, 0.1) is 0 Å². The monoisotopic (exact) mass is 270 g/mol. The van der Waals surface area contributed by atoms with Crippen molar-refractivity contribution >= 4 is 11.4 Å². The normalized spacial score (nSPS) is 14.8. The average molecular weight is 270 g/mol. The lowest BCUT2D eigenvalue weighted by molar-refractivity contribution is 0.659. The fourth-order valence-corrected chi connectivity index (χ4v) is 2.64. The molecule has 1 aliphatic heterocycles. The van der Waals surface area contributed by atoms with E-state index in [-0.39, 0.29) is 0 Å². The third-order valence-electron chi connectivity index (χ3n) is 3.85. The minimum Gasteiger partial charge on any atom is -0.381 e. The van der Waals surface area contributed by atoms with Crippen molar-refractivity contribution < 1.29 is 0 Å². The molecule has 0 radical (unpaired) electrons. The van der Waals surface area contributed by atoms with Crippen LogP contribution >= 0.6 is 0 Å². The van der Waals surface area contributed by atoms with Crippen molar-refractivity contribution in [2.75, 3.05) is 23.3 Å². The van der Waals surface area contributed by atoms with Crippen LogP contribution in [0.2, 0.25) is 0 Å². The van der Waals surface area contributed by atoms with Gasteiger partial charge in [-0.1, -0.05) is 0 Å². The van der Waals surface area contributed by atoms with E-state index in [9.17, 15) is 0 Å². The van der Waals surface area contributed by atoms with E-state index in [1.54, 1.807) is 0 Å². The summed E-state index contributed by atoms with van der Waals surface area (Å²) in [7, 11) is 0. The largest absolute Gasteiger partial charge is 0.381 e. The highest BCUT2D eigenvalue weighted by atomic mass is 15.3. The zero-order valence-electron chi connectivity index (χ0n) is 12.0. The SMILES string of the molecule is CCn1cc(CNc2ccc(N3CCCC3)cc2)cn1. The summed E-state index contributed by atoms with van der Waals surface area (Å²) in [6, 6.07) is 8.75. The molecule has 1 aliphatic rings. The molecule has 20 heavy (non-hydrogen) atoms. The molecule has 4 heteroatoms. The summed E-state index contributed by atoms with van der Waals surface area (Å²) in [5, 5.41) is 7.73. The van der Waals surface area contributed by atoms with Crippen LogP contribution in [0.4, 0.5) is 11.4 Å². The number of nitrogens with zero attached hydrogens (tertiary/aromatic N) is 3. The van der Waals surface area contributed by atoms with Gasteiger partial charge in [0, 0.05) is 49.3 Å². The molecule has 1 fully saturated rings. The Morgan fingerprint density at radius 3 is 2.55 bits per heavy atom. The second-order valence-electron chi connectivity index (χ2n) is 5.30. The van der Waals surface area contributed by atoms with Gasteiger partial charge in [0.2, 0.25) is 0 Å². The Morgan fingerprint density at radius 1 is 1.15 bits per heavy atom. The van der Waals surface area contributed by atoms with Crippen LogP contribution in [0.3, 0.4) is 0 Å². The molecule has 3 rings (SSSR count). The van der Waals surface area contributed by atoms with Crippen LogP contribution in [0.15, 0.2) is 36.7 Å². The van der Waals surface area contributed by atoms with Crippen molar-refractivity contribution in [3.8, 4) is 0 Å². The van der Waals surface area contributed by atoms with Crippen LogP contribution in [-0.2, 0) is 13.1 Å². The first kappa shape index (κ1) is 13.0. The van der Waals surface area contributed by atoms with Crippen molar-refractivity contribution in [2.45, 2.75) is 32.9 Å². The lowest BCUT2D eigenvalue weighted by atomic mass is 10.2. The van der Waals surface area contributed by atoms with E-state index in [2.05, 4.69) is 52.7 Å². The molecular formula is C16H22N4. The average Bonchev–Trinajstić information content (AvgIpc) is 3.17. The molecule has 0 aliphatic carbocycles. The van der Waals surface area contributed by atoms with Crippen LogP contribution in [-0.4, -0.2) is 22.9 Å².